The van der Waals surface area contributed by atoms with Gasteiger partial charge >= 0.3 is 5.97 Å². The van der Waals surface area contributed by atoms with E-state index in [9.17, 15) is 28.2 Å². The highest BCUT2D eigenvalue weighted by Gasteiger charge is 2.26. The Morgan fingerprint density at radius 1 is 1.18 bits per heavy atom. The number of tetrazole rings is 1. The Kier molecular flexibility index (Phi) is 4.98. The predicted octanol–water partition coefficient (Wildman–Crippen LogP) is 1.37. The van der Waals surface area contributed by atoms with Crippen LogP contribution in [0.25, 0.3) is 5.76 Å². The van der Waals surface area contributed by atoms with Crippen molar-refractivity contribution in [2.75, 3.05) is 0 Å². The summed E-state index contributed by atoms with van der Waals surface area (Å²) < 4.78 is 26.0. The first-order valence-electron chi connectivity index (χ1n) is 7.36. The smallest absolute Gasteiger partial charge is 0.353 e. The van der Waals surface area contributed by atoms with Crippen LogP contribution >= 0.6 is 11.6 Å². The number of allylic oxidation sites excluding steroid dienone is 1. The molecule has 13 heteroatoms. The molecule has 3 aromatic rings. The molecule has 0 radical (unpaired) electrons. The lowest BCUT2D eigenvalue weighted by Gasteiger charge is -2.08. The number of carboxylic acid groups (broad SMARTS) is 1. The number of aliphatic hydroxyl groups is 1. The van der Waals surface area contributed by atoms with Crippen molar-refractivity contribution in [2.45, 2.75) is 4.90 Å². The molecule has 0 saturated carbocycles. The van der Waals surface area contributed by atoms with E-state index in [2.05, 4.69) is 20.6 Å². The summed E-state index contributed by atoms with van der Waals surface area (Å²) in [6.07, 6.45) is 1.56. The van der Waals surface area contributed by atoms with Crippen molar-refractivity contribution in [2.24, 2.45) is 0 Å². The summed E-state index contributed by atoms with van der Waals surface area (Å²) in [5, 5.41) is 31.7. The number of ketones is 1. The Morgan fingerprint density at radius 2 is 1.86 bits per heavy atom. The van der Waals surface area contributed by atoms with Crippen molar-refractivity contribution in [1.82, 2.24) is 24.6 Å². The molecule has 0 unspecified atom stereocenters. The normalized spacial score (nSPS) is 12.1. The number of nitrogens with zero attached hydrogens (tertiary/aromatic N) is 4. The van der Waals surface area contributed by atoms with Crippen LogP contribution < -0.4 is 0 Å². The van der Waals surface area contributed by atoms with E-state index in [1.807, 2.05) is 0 Å². The maximum atomic E-state index is 12.8. The van der Waals surface area contributed by atoms with Gasteiger partial charge in [0.2, 0.25) is 5.82 Å². The average molecular weight is 424 g/mol. The number of halogens is 1. The van der Waals surface area contributed by atoms with Crippen LogP contribution in [0.3, 0.4) is 0 Å². The van der Waals surface area contributed by atoms with Crippen LogP contribution in [-0.2, 0) is 10.0 Å². The monoisotopic (exact) mass is 423 g/mol. The summed E-state index contributed by atoms with van der Waals surface area (Å²) in [4.78, 5) is 23.6. The first-order chi connectivity index (χ1) is 13.2. The van der Waals surface area contributed by atoms with Crippen molar-refractivity contribution >= 4 is 39.1 Å². The van der Waals surface area contributed by atoms with E-state index in [4.69, 9.17) is 11.6 Å². The second-order valence-electron chi connectivity index (χ2n) is 5.30. The first-order valence-corrected chi connectivity index (χ1v) is 9.17. The fourth-order valence-corrected chi connectivity index (χ4v) is 3.67. The van der Waals surface area contributed by atoms with Crippen LogP contribution in [0.2, 0.25) is 5.02 Å². The zero-order valence-electron chi connectivity index (χ0n) is 13.6. The predicted molar refractivity (Wildman–Crippen MR) is 94.5 cm³/mol. The SMILES string of the molecule is O=C(C=C(O)c1nn[nH]n1)c1cc(C(=O)O)n(S(=O)(=O)c2ccc(Cl)cc2)c1. The molecule has 0 aliphatic carbocycles. The topological polar surface area (TPSA) is 168 Å². The highest BCUT2D eigenvalue weighted by Crippen LogP contribution is 2.21. The number of aromatic amines is 1. The summed E-state index contributed by atoms with van der Waals surface area (Å²) >= 11 is 5.74. The van der Waals surface area contributed by atoms with Gasteiger partial charge < -0.3 is 10.2 Å². The Morgan fingerprint density at radius 3 is 2.43 bits per heavy atom. The third-order valence-electron chi connectivity index (χ3n) is 3.50. The van der Waals surface area contributed by atoms with Crippen molar-refractivity contribution in [3.05, 3.63) is 64.7 Å². The molecule has 28 heavy (non-hydrogen) atoms. The Labute approximate surface area is 161 Å². The van der Waals surface area contributed by atoms with Gasteiger partial charge in [-0.2, -0.15) is 5.21 Å². The minimum Gasteiger partial charge on any atom is -0.504 e. The van der Waals surface area contributed by atoms with Crippen molar-refractivity contribution in [3.8, 4) is 0 Å². The molecule has 3 rings (SSSR count). The molecule has 0 fully saturated rings. The fourth-order valence-electron chi connectivity index (χ4n) is 2.20. The summed E-state index contributed by atoms with van der Waals surface area (Å²) in [7, 11) is -4.31. The third-order valence-corrected chi connectivity index (χ3v) is 5.44. The van der Waals surface area contributed by atoms with E-state index >= 15 is 0 Å². The molecule has 2 aromatic heterocycles. The van der Waals surface area contributed by atoms with Gasteiger partial charge in [-0.1, -0.05) is 11.6 Å². The molecule has 0 amide bonds. The zero-order chi connectivity index (χ0) is 20.5. The molecule has 2 heterocycles. The molecule has 0 saturated heterocycles. The molecular formula is C15H10ClN5O6S. The van der Waals surface area contributed by atoms with Crippen LogP contribution in [0, 0.1) is 0 Å². The lowest BCUT2D eigenvalue weighted by Crippen LogP contribution is -2.17. The van der Waals surface area contributed by atoms with Crippen LogP contribution in [0.1, 0.15) is 26.7 Å². The summed E-state index contributed by atoms with van der Waals surface area (Å²) in [6.45, 7) is 0. The third kappa shape index (κ3) is 3.63. The Hall–Kier alpha value is -3.51. The number of benzene rings is 1. The van der Waals surface area contributed by atoms with Gasteiger partial charge in [0.15, 0.2) is 11.5 Å². The van der Waals surface area contributed by atoms with Crippen LogP contribution in [0.5, 0.6) is 0 Å². The number of aromatic nitrogens is 5. The first kappa shape index (κ1) is 19.3. The van der Waals surface area contributed by atoms with Gasteiger partial charge in [-0.3, -0.25) is 4.79 Å². The molecule has 0 aliphatic heterocycles. The van der Waals surface area contributed by atoms with E-state index in [1.165, 1.54) is 24.3 Å². The number of hydrogen-bond acceptors (Lipinski definition) is 8. The zero-order valence-corrected chi connectivity index (χ0v) is 15.2. The Balaban J connectivity index is 2.05. The van der Waals surface area contributed by atoms with Gasteiger partial charge in [-0.05, 0) is 35.5 Å². The van der Waals surface area contributed by atoms with Crippen LogP contribution in [0.15, 0.2) is 47.5 Å². The van der Waals surface area contributed by atoms with Crippen LogP contribution in [-0.4, -0.2) is 55.0 Å². The number of carbonyl (C=O) groups excluding carboxylic acids is 1. The summed E-state index contributed by atoms with van der Waals surface area (Å²) in [5.74, 6) is -3.33. The van der Waals surface area contributed by atoms with E-state index in [-0.39, 0.29) is 16.3 Å². The lowest BCUT2D eigenvalue weighted by atomic mass is 10.2. The van der Waals surface area contributed by atoms with Gasteiger partial charge in [-0.25, -0.2) is 17.2 Å². The second-order valence-corrected chi connectivity index (χ2v) is 7.55. The van der Waals surface area contributed by atoms with Crippen molar-refractivity contribution in [1.29, 1.82) is 0 Å². The molecular weight excluding hydrogens is 414 g/mol. The van der Waals surface area contributed by atoms with E-state index in [0.717, 1.165) is 12.3 Å². The molecule has 0 atom stereocenters. The van der Waals surface area contributed by atoms with Gasteiger partial charge in [-0.15, -0.1) is 10.2 Å². The molecule has 0 aliphatic rings. The second kappa shape index (κ2) is 7.25. The minimum absolute atomic E-state index is 0.223. The van der Waals surface area contributed by atoms with E-state index in [0.29, 0.717) is 15.1 Å². The maximum Gasteiger partial charge on any atom is 0.353 e. The van der Waals surface area contributed by atoms with Crippen molar-refractivity contribution < 1.29 is 28.2 Å². The quantitative estimate of drug-likeness (QED) is 0.301. The molecule has 0 bridgehead atoms. The molecule has 144 valence electrons. The molecule has 11 nitrogen and oxygen atoms in total. The maximum absolute atomic E-state index is 12.8. The summed E-state index contributed by atoms with van der Waals surface area (Å²) in [5.41, 5.74) is -0.948. The lowest BCUT2D eigenvalue weighted by molar-refractivity contribution is 0.0689. The van der Waals surface area contributed by atoms with E-state index < -0.39 is 33.2 Å². The minimum atomic E-state index is -4.31. The number of H-pyrrole nitrogens is 1. The van der Waals surface area contributed by atoms with Gasteiger partial charge in [0.05, 0.1) is 4.90 Å². The number of carbonyl (C=O) groups is 2. The highest BCUT2D eigenvalue weighted by molar-refractivity contribution is 7.90. The molecule has 1 aromatic carbocycles. The van der Waals surface area contributed by atoms with Gasteiger partial charge in [0, 0.05) is 22.9 Å². The highest BCUT2D eigenvalue weighted by atomic mass is 35.5. The molecule has 0 spiro atoms. The molecule has 3 N–H and O–H groups in total. The number of rotatable bonds is 6. The number of hydrogen-bond donors (Lipinski definition) is 3. The number of nitrogens with one attached hydrogen (secondary N) is 1. The fraction of sp³-hybridized carbons (Fsp3) is 0. The largest absolute Gasteiger partial charge is 0.504 e. The van der Waals surface area contributed by atoms with Crippen molar-refractivity contribution in [3.63, 3.8) is 0 Å². The van der Waals surface area contributed by atoms with Gasteiger partial charge in [0.25, 0.3) is 10.0 Å². The van der Waals surface area contributed by atoms with E-state index in [1.54, 1.807) is 0 Å². The number of aromatic carboxylic acids is 1. The van der Waals surface area contributed by atoms with Gasteiger partial charge in [0.1, 0.15) is 5.69 Å². The number of carboxylic acids is 1. The van der Waals surface area contributed by atoms with Crippen LogP contribution in [0.4, 0.5) is 0 Å². The number of aliphatic hydroxyl groups excluding tert-OH is 1. The standard InChI is InChI=1S/C15H10ClN5O6S/c16-9-1-3-10(4-2-9)28(26,27)21-7-8(5-11(21)15(24)25)12(22)6-13(23)14-17-19-20-18-14/h1-7,23H,(H,24,25)(H,17,18,19,20). The average Bonchev–Trinajstić information content (AvgIpc) is 3.32. The Bertz CT molecular complexity index is 1180. The summed E-state index contributed by atoms with van der Waals surface area (Å²) in [6, 6.07) is 5.93.